The van der Waals surface area contributed by atoms with Crippen molar-refractivity contribution in [2.24, 2.45) is 5.92 Å². The van der Waals surface area contributed by atoms with Gasteiger partial charge in [-0.1, -0.05) is 31.4 Å². The van der Waals surface area contributed by atoms with E-state index in [4.69, 9.17) is 11.6 Å². The molecule has 1 aliphatic rings. The minimum absolute atomic E-state index is 0.0284. The summed E-state index contributed by atoms with van der Waals surface area (Å²) in [5.74, 6) is 0.838. The molecule has 1 aromatic heterocycles. The van der Waals surface area contributed by atoms with Crippen molar-refractivity contribution in [1.82, 2.24) is 4.98 Å². The Labute approximate surface area is 122 Å². The summed E-state index contributed by atoms with van der Waals surface area (Å²) in [6.45, 7) is 2.11. The lowest BCUT2D eigenvalue weighted by atomic mass is 9.77. The summed E-state index contributed by atoms with van der Waals surface area (Å²) in [6.07, 6.45) is 3.77. The van der Waals surface area contributed by atoms with Gasteiger partial charge in [-0.2, -0.15) is 0 Å². The topological polar surface area (TPSA) is 88.3 Å². The zero-order chi connectivity index (χ0) is 14.8. The fourth-order valence-electron chi connectivity index (χ4n) is 2.88. The lowest BCUT2D eigenvalue weighted by molar-refractivity contribution is -0.384. The summed E-state index contributed by atoms with van der Waals surface area (Å²) in [6, 6.07) is 2.56. The first-order chi connectivity index (χ1) is 9.44. The molecule has 1 saturated carbocycles. The van der Waals surface area contributed by atoms with E-state index in [0.29, 0.717) is 11.7 Å². The molecule has 2 N–H and O–H groups in total. The van der Waals surface area contributed by atoms with Gasteiger partial charge < -0.3 is 10.4 Å². The maximum Gasteiger partial charge on any atom is 0.276 e. The van der Waals surface area contributed by atoms with Gasteiger partial charge in [-0.3, -0.25) is 10.1 Å². The third-order valence-electron chi connectivity index (χ3n) is 3.78. The zero-order valence-corrected chi connectivity index (χ0v) is 12.1. The number of halogens is 1. The highest BCUT2D eigenvalue weighted by Gasteiger charge is 2.35. The lowest BCUT2D eigenvalue weighted by Crippen LogP contribution is -2.46. The van der Waals surface area contributed by atoms with E-state index >= 15 is 0 Å². The number of anilines is 1. The molecule has 2 unspecified atom stereocenters. The van der Waals surface area contributed by atoms with E-state index < -0.39 is 10.5 Å². The molecule has 2 atom stereocenters. The van der Waals surface area contributed by atoms with Crippen LogP contribution in [0.2, 0.25) is 5.15 Å². The molecule has 0 radical (unpaired) electrons. The minimum atomic E-state index is -0.506. The molecule has 0 aliphatic heterocycles. The number of rotatable bonds is 4. The first-order valence-corrected chi connectivity index (χ1v) is 7.03. The highest BCUT2D eigenvalue weighted by molar-refractivity contribution is 6.29. The van der Waals surface area contributed by atoms with Gasteiger partial charge in [0.25, 0.3) is 5.69 Å². The van der Waals surface area contributed by atoms with Gasteiger partial charge in [-0.05, 0) is 18.8 Å². The van der Waals surface area contributed by atoms with Crippen molar-refractivity contribution in [2.45, 2.75) is 38.1 Å². The van der Waals surface area contributed by atoms with E-state index in [1.54, 1.807) is 0 Å². The van der Waals surface area contributed by atoms with Crippen LogP contribution in [-0.4, -0.2) is 27.2 Å². The molecule has 2 rings (SSSR count). The Morgan fingerprint density at radius 2 is 2.40 bits per heavy atom. The Morgan fingerprint density at radius 3 is 3.00 bits per heavy atom. The summed E-state index contributed by atoms with van der Waals surface area (Å²) in [4.78, 5) is 14.4. The summed E-state index contributed by atoms with van der Waals surface area (Å²) >= 11 is 5.81. The quantitative estimate of drug-likeness (QED) is 0.507. The standard InChI is InChI=1S/C13H18ClN3O3/c1-9-3-2-4-13(7-9,8-18)16-12-6-10(17(19)20)5-11(14)15-12/h5-6,9,18H,2-4,7-8H2,1H3,(H,15,16). The van der Waals surface area contributed by atoms with Gasteiger partial charge in [0, 0.05) is 0 Å². The summed E-state index contributed by atoms with van der Waals surface area (Å²) < 4.78 is 0. The van der Waals surface area contributed by atoms with Crippen LogP contribution in [0.5, 0.6) is 0 Å². The normalized spacial score (nSPS) is 26.2. The maximum atomic E-state index is 10.8. The maximum absolute atomic E-state index is 10.8. The monoisotopic (exact) mass is 299 g/mol. The largest absolute Gasteiger partial charge is 0.394 e. The molecule has 0 spiro atoms. The van der Waals surface area contributed by atoms with Crippen molar-refractivity contribution in [3.05, 3.63) is 27.4 Å². The van der Waals surface area contributed by atoms with Crippen LogP contribution in [0.1, 0.15) is 32.6 Å². The number of nitrogens with one attached hydrogen (secondary N) is 1. The Balaban J connectivity index is 2.25. The first-order valence-electron chi connectivity index (χ1n) is 6.65. The second kappa shape index (κ2) is 5.93. The number of aliphatic hydroxyl groups is 1. The Bertz CT molecular complexity index is 512. The van der Waals surface area contributed by atoms with E-state index in [2.05, 4.69) is 17.2 Å². The van der Waals surface area contributed by atoms with E-state index in [1.807, 2.05) is 0 Å². The van der Waals surface area contributed by atoms with Gasteiger partial charge in [-0.15, -0.1) is 0 Å². The summed E-state index contributed by atoms with van der Waals surface area (Å²) in [5, 5.41) is 23.8. The van der Waals surface area contributed by atoms with Crippen LogP contribution in [0.3, 0.4) is 0 Å². The van der Waals surface area contributed by atoms with Crippen molar-refractivity contribution < 1.29 is 10.0 Å². The molecule has 0 saturated heterocycles. The molecule has 1 heterocycles. The van der Waals surface area contributed by atoms with Crippen molar-refractivity contribution >= 4 is 23.1 Å². The molecular formula is C13H18ClN3O3. The predicted molar refractivity (Wildman–Crippen MR) is 77.0 cm³/mol. The zero-order valence-electron chi connectivity index (χ0n) is 11.3. The third kappa shape index (κ3) is 3.37. The number of hydrogen-bond donors (Lipinski definition) is 2. The molecule has 0 bridgehead atoms. The first kappa shape index (κ1) is 15.0. The molecule has 7 heteroatoms. The van der Waals surface area contributed by atoms with Gasteiger partial charge in [-0.25, -0.2) is 4.98 Å². The van der Waals surface area contributed by atoms with E-state index in [1.165, 1.54) is 12.1 Å². The van der Waals surface area contributed by atoms with Crippen LogP contribution in [0.15, 0.2) is 12.1 Å². The van der Waals surface area contributed by atoms with Crippen molar-refractivity contribution in [3.8, 4) is 0 Å². The smallest absolute Gasteiger partial charge is 0.276 e. The van der Waals surface area contributed by atoms with Crippen molar-refractivity contribution in [1.29, 1.82) is 0 Å². The molecule has 0 amide bonds. The molecule has 6 nitrogen and oxygen atoms in total. The van der Waals surface area contributed by atoms with Crippen LogP contribution < -0.4 is 5.32 Å². The number of nitro groups is 1. The molecule has 1 aromatic rings. The number of aromatic nitrogens is 1. The van der Waals surface area contributed by atoms with E-state index in [9.17, 15) is 15.2 Å². The number of nitrogens with zero attached hydrogens (tertiary/aromatic N) is 2. The number of hydrogen-bond acceptors (Lipinski definition) is 5. The van der Waals surface area contributed by atoms with Crippen LogP contribution in [-0.2, 0) is 0 Å². The van der Waals surface area contributed by atoms with Crippen LogP contribution in [0, 0.1) is 16.0 Å². The molecule has 110 valence electrons. The minimum Gasteiger partial charge on any atom is -0.394 e. The lowest BCUT2D eigenvalue weighted by Gasteiger charge is -2.39. The van der Waals surface area contributed by atoms with Crippen LogP contribution in [0.25, 0.3) is 0 Å². The second-order valence-electron chi connectivity index (χ2n) is 5.56. The fourth-order valence-corrected chi connectivity index (χ4v) is 3.08. The Morgan fingerprint density at radius 1 is 1.65 bits per heavy atom. The van der Waals surface area contributed by atoms with Gasteiger partial charge in [0.15, 0.2) is 0 Å². The third-order valence-corrected chi connectivity index (χ3v) is 3.97. The summed E-state index contributed by atoms with van der Waals surface area (Å²) in [7, 11) is 0. The molecule has 0 aromatic carbocycles. The average molecular weight is 300 g/mol. The van der Waals surface area contributed by atoms with Crippen molar-refractivity contribution in [3.63, 3.8) is 0 Å². The molecular weight excluding hydrogens is 282 g/mol. The van der Waals surface area contributed by atoms with Crippen molar-refractivity contribution in [2.75, 3.05) is 11.9 Å². The van der Waals surface area contributed by atoms with Gasteiger partial charge in [0.2, 0.25) is 0 Å². The van der Waals surface area contributed by atoms with E-state index in [0.717, 1.165) is 25.7 Å². The van der Waals surface area contributed by atoms with Gasteiger partial charge in [0.1, 0.15) is 11.0 Å². The second-order valence-corrected chi connectivity index (χ2v) is 5.94. The van der Waals surface area contributed by atoms with Crippen LogP contribution >= 0.6 is 11.6 Å². The van der Waals surface area contributed by atoms with Gasteiger partial charge in [0.05, 0.1) is 29.2 Å². The fraction of sp³-hybridized carbons (Fsp3) is 0.615. The molecule has 20 heavy (non-hydrogen) atoms. The average Bonchev–Trinajstić information content (AvgIpc) is 2.38. The van der Waals surface area contributed by atoms with E-state index in [-0.39, 0.29) is 17.4 Å². The molecule has 1 fully saturated rings. The highest BCUT2D eigenvalue weighted by Crippen LogP contribution is 2.35. The van der Waals surface area contributed by atoms with Gasteiger partial charge >= 0.3 is 0 Å². The SMILES string of the molecule is CC1CCCC(CO)(Nc2cc([N+](=O)[O-])cc(Cl)n2)C1. The Hall–Kier alpha value is -1.40. The highest BCUT2D eigenvalue weighted by atomic mass is 35.5. The predicted octanol–water partition coefficient (Wildman–Crippen LogP) is 3.00. The number of pyridine rings is 1. The number of aliphatic hydroxyl groups excluding tert-OH is 1. The Kier molecular flexibility index (Phi) is 4.45. The summed E-state index contributed by atoms with van der Waals surface area (Å²) in [5.41, 5.74) is -0.576. The molecule has 1 aliphatic carbocycles. The van der Waals surface area contributed by atoms with Crippen LogP contribution in [0.4, 0.5) is 11.5 Å².